The topological polar surface area (TPSA) is 35.6 Å². The van der Waals surface area contributed by atoms with Crippen molar-refractivity contribution in [3.8, 4) is 0 Å². The third-order valence-corrected chi connectivity index (χ3v) is 5.20. The Morgan fingerprint density at radius 3 is 2.38 bits per heavy atom. The van der Waals surface area contributed by atoms with Crippen LogP contribution in [0.3, 0.4) is 0 Å². The number of nitrogens with one attached hydrogen (secondary N) is 1. The van der Waals surface area contributed by atoms with Crippen LogP contribution in [0.1, 0.15) is 22.3 Å². The number of hydrogen-bond acceptors (Lipinski definition) is 3. The summed E-state index contributed by atoms with van der Waals surface area (Å²) in [5.41, 5.74) is 5.94. The van der Waals surface area contributed by atoms with Crippen molar-refractivity contribution in [1.82, 2.24) is 9.80 Å². The van der Waals surface area contributed by atoms with Crippen LogP contribution in [-0.2, 0) is 11.3 Å². The first kappa shape index (κ1) is 18.6. The molecule has 0 bridgehead atoms. The average molecular weight is 351 g/mol. The van der Waals surface area contributed by atoms with E-state index in [0.29, 0.717) is 6.54 Å². The summed E-state index contributed by atoms with van der Waals surface area (Å²) in [6, 6.07) is 14.7. The monoisotopic (exact) mass is 351 g/mol. The molecule has 26 heavy (non-hydrogen) atoms. The van der Waals surface area contributed by atoms with Crippen LogP contribution in [0.25, 0.3) is 0 Å². The van der Waals surface area contributed by atoms with E-state index in [2.05, 4.69) is 66.2 Å². The Bertz CT molecular complexity index is 764. The summed E-state index contributed by atoms with van der Waals surface area (Å²) in [5, 5.41) is 3.06. The lowest BCUT2D eigenvalue weighted by molar-refractivity contribution is -0.117. The van der Waals surface area contributed by atoms with Crippen LogP contribution >= 0.6 is 0 Å². The van der Waals surface area contributed by atoms with E-state index in [-0.39, 0.29) is 5.91 Å². The van der Waals surface area contributed by atoms with Gasteiger partial charge in [0.15, 0.2) is 0 Å². The van der Waals surface area contributed by atoms with E-state index >= 15 is 0 Å². The second kappa shape index (κ2) is 8.47. The second-order valence-electron chi connectivity index (χ2n) is 7.34. The van der Waals surface area contributed by atoms with E-state index in [0.717, 1.165) is 44.0 Å². The maximum atomic E-state index is 12.4. The minimum absolute atomic E-state index is 0.0748. The van der Waals surface area contributed by atoms with Crippen molar-refractivity contribution in [2.24, 2.45) is 0 Å². The Balaban J connectivity index is 1.46. The fraction of sp³-hybridized carbons (Fsp3) is 0.409. The molecule has 0 spiro atoms. The molecule has 0 atom stereocenters. The molecular weight excluding hydrogens is 322 g/mol. The Morgan fingerprint density at radius 1 is 0.962 bits per heavy atom. The van der Waals surface area contributed by atoms with E-state index < -0.39 is 0 Å². The summed E-state index contributed by atoms with van der Waals surface area (Å²) in [7, 11) is 0. The van der Waals surface area contributed by atoms with E-state index in [4.69, 9.17) is 0 Å². The second-order valence-corrected chi connectivity index (χ2v) is 7.34. The van der Waals surface area contributed by atoms with Gasteiger partial charge in [-0.2, -0.15) is 0 Å². The van der Waals surface area contributed by atoms with Crippen LogP contribution in [0.5, 0.6) is 0 Å². The summed E-state index contributed by atoms with van der Waals surface area (Å²) < 4.78 is 0. The molecule has 0 unspecified atom stereocenters. The Labute approximate surface area is 156 Å². The normalized spacial score (nSPS) is 15.8. The molecule has 138 valence electrons. The van der Waals surface area contributed by atoms with Gasteiger partial charge in [-0.1, -0.05) is 42.0 Å². The molecule has 4 heteroatoms. The average Bonchev–Trinajstić information content (AvgIpc) is 2.61. The van der Waals surface area contributed by atoms with Gasteiger partial charge in [0, 0.05) is 38.4 Å². The number of aryl methyl sites for hydroxylation is 2. The number of rotatable bonds is 5. The predicted molar refractivity (Wildman–Crippen MR) is 107 cm³/mol. The highest BCUT2D eigenvalue weighted by molar-refractivity contribution is 5.93. The maximum absolute atomic E-state index is 12.4. The lowest BCUT2D eigenvalue weighted by Gasteiger charge is -2.34. The summed E-state index contributed by atoms with van der Waals surface area (Å²) >= 11 is 0. The summed E-state index contributed by atoms with van der Waals surface area (Å²) in [4.78, 5) is 17.1. The van der Waals surface area contributed by atoms with Gasteiger partial charge >= 0.3 is 0 Å². The molecule has 3 rings (SSSR count). The van der Waals surface area contributed by atoms with E-state index in [1.165, 1.54) is 16.7 Å². The molecule has 1 amide bonds. The molecule has 1 fully saturated rings. The smallest absolute Gasteiger partial charge is 0.238 e. The van der Waals surface area contributed by atoms with Crippen molar-refractivity contribution >= 4 is 11.6 Å². The predicted octanol–water partition coefficient (Wildman–Crippen LogP) is 3.37. The van der Waals surface area contributed by atoms with Crippen molar-refractivity contribution in [2.75, 3.05) is 38.0 Å². The molecule has 2 aromatic carbocycles. The first-order valence-electron chi connectivity index (χ1n) is 9.37. The van der Waals surface area contributed by atoms with Gasteiger partial charge in [0.25, 0.3) is 0 Å². The highest BCUT2D eigenvalue weighted by Crippen LogP contribution is 2.18. The molecule has 1 heterocycles. The van der Waals surface area contributed by atoms with E-state index in [1.807, 2.05) is 12.1 Å². The van der Waals surface area contributed by atoms with Gasteiger partial charge in [-0.05, 0) is 43.5 Å². The quantitative estimate of drug-likeness (QED) is 0.897. The molecule has 0 aliphatic carbocycles. The highest BCUT2D eigenvalue weighted by Gasteiger charge is 2.19. The van der Waals surface area contributed by atoms with Crippen molar-refractivity contribution in [3.05, 3.63) is 64.7 Å². The molecule has 1 aliphatic heterocycles. The molecule has 0 aromatic heterocycles. The van der Waals surface area contributed by atoms with Gasteiger partial charge in [-0.25, -0.2) is 0 Å². The van der Waals surface area contributed by atoms with Crippen LogP contribution in [0.2, 0.25) is 0 Å². The van der Waals surface area contributed by atoms with Crippen LogP contribution in [0, 0.1) is 20.8 Å². The van der Waals surface area contributed by atoms with Crippen molar-refractivity contribution < 1.29 is 4.79 Å². The molecule has 1 aliphatic rings. The largest absolute Gasteiger partial charge is 0.325 e. The minimum Gasteiger partial charge on any atom is -0.325 e. The van der Waals surface area contributed by atoms with Gasteiger partial charge in [-0.3, -0.25) is 14.6 Å². The fourth-order valence-corrected chi connectivity index (χ4v) is 3.45. The Kier molecular flexibility index (Phi) is 6.07. The molecular formula is C22H29N3O. The standard InChI is InChI=1S/C22H29N3O/c1-17-6-4-8-20(14-17)15-24-10-12-25(13-11-24)16-22(26)23-21-9-5-7-18(2)19(21)3/h4-9,14H,10-13,15-16H2,1-3H3,(H,23,26). The number of piperazine rings is 1. The summed E-state index contributed by atoms with van der Waals surface area (Å²) in [6.07, 6.45) is 0. The van der Waals surface area contributed by atoms with E-state index in [9.17, 15) is 4.79 Å². The lowest BCUT2D eigenvalue weighted by Crippen LogP contribution is -2.48. The van der Waals surface area contributed by atoms with Crippen molar-refractivity contribution in [1.29, 1.82) is 0 Å². The highest BCUT2D eigenvalue weighted by atomic mass is 16.2. The number of carbonyl (C=O) groups is 1. The SMILES string of the molecule is Cc1cccc(CN2CCN(CC(=O)Nc3cccc(C)c3C)CC2)c1. The first-order valence-corrected chi connectivity index (χ1v) is 9.37. The third-order valence-electron chi connectivity index (χ3n) is 5.20. The number of nitrogens with zero attached hydrogens (tertiary/aromatic N) is 2. The van der Waals surface area contributed by atoms with Gasteiger partial charge in [0.1, 0.15) is 0 Å². The number of amides is 1. The Morgan fingerprint density at radius 2 is 1.65 bits per heavy atom. The zero-order valence-corrected chi connectivity index (χ0v) is 16.1. The fourth-order valence-electron chi connectivity index (χ4n) is 3.45. The molecule has 4 nitrogen and oxygen atoms in total. The van der Waals surface area contributed by atoms with Crippen molar-refractivity contribution in [3.63, 3.8) is 0 Å². The van der Waals surface area contributed by atoms with Crippen LogP contribution in [0.15, 0.2) is 42.5 Å². The molecule has 1 saturated heterocycles. The van der Waals surface area contributed by atoms with Gasteiger partial charge in [0.2, 0.25) is 5.91 Å². The lowest BCUT2D eigenvalue weighted by atomic mass is 10.1. The number of carbonyl (C=O) groups excluding carboxylic acids is 1. The van der Waals surface area contributed by atoms with Gasteiger partial charge in [0.05, 0.1) is 6.54 Å². The van der Waals surface area contributed by atoms with Crippen LogP contribution < -0.4 is 5.32 Å². The summed E-state index contributed by atoms with van der Waals surface area (Å²) in [5.74, 6) is 0.0748. The van der Waals surface area contributed by atoms with Gasteiger partial charge in [-0.15, -0.1) is 0 Å². The van der Waals surface area contributed by atoms with Gasteiger partial charge < -0.3 is 5.32 Å². The molecule has 2 aromatic rings. The number of anilines is 1. The van der Waals surface area contributed by atoms with Crippen LogP contribution in [-0.4, -0.2) is 48.4 Å². The van der Waals surface area contributed by atoms with E-state index in [1.54, 1.807) is 0 Å². The zero-order valence-electron chi connectivity index (χ0n) is 16.1. The zero-order chi connectivity index (χ0) is 18.5. The molecule has 0 saturated carbocycles. The van der Waals surface area contributed by atoms with Crippen molar-refractivity contribution in [2.45, 2.75) is 27.3 Å². The number of benzene rings is 2. The number of hydrogen-bond donors (Lipinski definition) is 1. The summed E-state index contributed by atoms with van der Waals surface area (Å²) in [6.45, 7) is 11.6. The first-order chi connectivity index (χ1) is 12.5. The molecule has 0 radical (unpaired) electrons. The maximum Gasteiger partial charge on any atom is 0.238 e. The molecule has 1 N–H and O–H groups in total. The third kappa shape index (κ3) is 4.93. The minimum atomic E-state index is 0.0748. The van der Waals surface area contributed by atoms with Crippen LogP contribution in [0.4, 0.5) is 5.69 Å². The Hall–Kier alpha value is -2.17.